The molecule has 0 spiro atoms. The van der Waals surface area contributed by atoms with E-state index in [1.807, 2.05) is 54.6 Å². The first-order chi connectivity index (χ1) is 10.2. The number of fused-ring (bicyclic) bond motifs is 1. The number of rotatable bonds is 4. The van der Waals surface area contributed by atoms with E-state index in [-0.39, 0.29) is 11.9 Å². The summed E-state index contributed by atoms with van der Waals surface area (Å²) >= 11 is 0. The number of ether oxygens (including phenoxy) is 1. The van der Waals surface area contributed by atoms with E-state index in [4.69, 9.17) is 10.5 Å². The third kappa shape index (κ3) is 3.06. The van der Waals surface area contributed by atoms with Crippen molar-refractivity contribution < 1.29 is 9.53 Å². The molecule has 0 saturated heterocycles. The van der Waals surface area contributed by atoms with Gasteiger partial charge in [-0.05, 0) is 18.1 Å². The minimum absolute atomic E-state index is 0.115. The molecule has 0 radical (unpaired) electrons. The van der Waals surface area contributed by atoms with Crippen LogP contribution >= 0.6 is 0 Å². The van der Waals surface area contributed by atoms with Gasteiger partial charge in [-0.1, -0.05) is 48.5 Å². The van der Waals surface area contributed by atoms with Gasteiger partial charge in [-0.25, -0.2) is 0 Å². The Morgan fingerprint density at radius 3 is 2.71 bits per heavy atom. The second-order valence-corrected chi connectivity index (χ2v) is 5.21. The lowest BCUT2D eigenvalue weighted by Gasteiger charge is -2.16. The van der Waals surface area contributed by atoms with Crippen molar-refractivity contribution in [1.29, 1.82) is 0 Å². The molecule has 0 aromatic heterocycles. The normalized spacial score (nSPS) is 17.7. The predicted molar refractivity (Wildman–Crippen MR) is 80.9 cm³/mol. The van der Waals surface area contributed by atoms with Crippen LogP contribution in [0.5, 0.6) is 5.75 Å². The van der Waals surface area contributed by atoms with Crippen LogP contribution in [0.3, 0.4) is 0 Å². The first-order valence-electron chi connectivity index (χ1n) is 7.05. The minimum atomic E-state index is -0.555. The highest BCUT2D eigenvalue weighted by atomic mass is 16.5. The standard InChI is InChI=1S/C17H18N2O2/c18-14(10-12-6-2-1-3-7-12)17(20)19-15-11-21-16-9-5-4-8-13(15)16/h1-9,14-15H,10-11,18H2,(H,19,20)/t14-,15?/m0/s1. The third-order valence-corrected chi connectivity index (χ3v) is 3.65. The van der Waals surface area contributed by atoms with Crippen LogP contribution in [-0.4, -0.2) is 18.6 Å². The van der Waals surface area contributed by atoms with Crippen molar-refractivity contribution in [2.45, 2.75) is 18.5 Å². The second-order valence-electron chi connectivity index (χ2n) is 5.21. The lowest BCUT2D eigenvalue weighted by Crippen LogP contribution is -2.43. The quantitative estimate of drug-likeness (QED) is 0.899. The minimum Gasteiger partial charge on any atom is -0.491 e. The van der Waals surface area contributed by atoms with Crippen LogP contribution in [0.2, 0.25) is 0 Å². The highest BCUT2D eigenvalue weighted by molar-refractivity contribution is 5.82. The Morgan fingerprint density at radius 1 is 1.19 bits per heavy atom. The van der Waals surface area contributed by atoms with E-state index < -0.39 is 6.04 Å². The molecule has 1 aliphatic heterocycles. The van der Waals surface area contributed by atoms with E-state index in [1.54, 1.807) is 0 Å². The first kappa shape index (κ1) is 13.6. The average molecular weight is 282 g/mol. The maximum atomic E-state index is 12.2. The van der Waals surface area contributed by atoms with Crippen LogP contribution in [0.25, 0.3) is 0 Å². The summed E-state index contributed by atoms with van der Waals surface area (Å²) in [5, 5.41) is 2.97. The monoisotopic (exact) mass is 282 g/mol. The van der Waals surface area contributed by atoms with E-state index in [9.17, 15) is 4.79 Å². The Hall–Kier alpha value is -2.33. The van der Waals surface area contributed by atoms with Crippen molar-refractivity contribution in [3.05, 3.63) is 65.7 Å². The lowest BCUT2D eigenvalue weighted by molar-refractivity contribution is -0.123. The topological polar surface area (TPSA) is 64.4 Å². The van der Waals surface area contributed by atoms with Crippen LogP contribution in [0, 0.1) is 0 Å². The predicted octanol–water partition coefficient (Wildman–Crippen LogP) is 1.81. The Balaban J connectivity index is 1.62. The number of hydrogen-bond acceptors (Lipinski definition) is 3. The Morgan fingerprint density at radius 2 is 1.90 bits per heavy atom. The average Bonchev–Trinajstić information content (AvgIpc) is 2.91. The molecule has 3 rings (SSSR count). The van der Waals surface area contributed by atoms with Gasteiger partial charge in [0.1, 0.15) is 12.4 Å². The lowest BCUT2D eigenvalue weighted by atomic mass is 10.0. The van der Waals surface area contributed by atoms with Crippen molar-refractivity contribution in [3.8, 4) is 5.75 Å². The molecular formula is C17H18N2O2. The van der Waals surface area contributed by atoms with E-state index in [2.05, 4.69) is 5.32 Å². The molecule has 2 aromatic rings. The molecule has 2 atom stereocenters. The van der Waals surface area contributed by atoms with Gasteiger partial charge in [0.2, 0.25) is 5.91 Å². The van der Waals surface area contributed by atoms with Gasteiger partial charge in [0, 0.05) is 5.56 Å². The zero-order chi connectivity index (χ0) is 14.7. The van der Waals surface area contributed by atoms with Crippen LogP contribution in [0.4, 0.5) is 0 Å². The van der Waals surface area contributed by atoms with Crippen LogP contribution in [0.1, 0.15) is 17.2 Å². The number of nitrogens with one attached hydrogen (secondary N) is 1. The fourth-order valence-corrected chi connectivity index (χ4v) is 2.52. The van der Waals surface area contributed by atoms with Gasteiger partial charge in [-0.15, -0.1) is 0 Å². The summed E-state index contributed by atoms with van der Waals surface area (Å²) in [6.07, 6.45) is 0.530. The van der Waals surface area contributed by atoms with Gasteiger partial charge in [0.15, 0.2) is 0 Å². The van der Waals surface area contributed by atoms with Gasteiger partial charge in [-0.3, -0.25) is 4.79 Å². The molecule has 1 unspecified atom stereocenters. The number of amides is 1. The molecule has 3 N–H and O–H groups in total. The molecule has 0 aliphatic carbocycles. The van der Waals surface area contributed by atoms with E-state index in [1.165, 1.54) is 0 Å². The fourth-order valence-electron chi connectivity index (χ4n) is 2.52. The summed E-state index contributed by atoms with van der Waals surface area (Å²) in [4.78, 5) is 12.2. The van der Waals surface area contributed by atoms with E-state index >= 15 is 0 Å². The van der Waals surface area contributed by atoms with Gasteiger partial charge < -0.3 is 15.8 Å². The molecule has 0 fully saturated rings. The van der Waals surface area contributed by atoms with Crippen LogP contribution in [-0.2, 0) is 11.2 Å². The molecule has 0 saturated carbocycles. The number of nitrogens with two attached hydrogens (primary N) is 1. The van der Waals surface area contributed by atoms with Gasteiger partial charge >= 0.3 is 0 Å². The maximum Gasteiger partial charge on any atom is 0.237 e. The van der Waals surface area contributed by atoms with Crippen molar-refractivity contribution >= 4 is 5.91 Å². The van der Waals surface area contributed by atoms with Gasteiger partial charge in [0.25, 0.3) is 0 Å². The highest BCUT2D eigenvalue weighted by Crippen LogP contribution is 2.31. The van der Waals surface area contributed by atoms with E-state index in [0.717, 1.165) is 16.9 Å². The van der Waals surface area contributed by atoms with Crippen LogP contribution < -0.4 is 15.8 Å². The highest BCUT2D eigenvalue weighted by Gasteiger charge is 2.26. The molecular weight excluding hydrogens is 264 g/mol. The van der Waals surface area contributed by atoms with Gasteiger partial charge in [-0.2, -0.15) is 0 Å². The second kappa shape index (κ2) is 5.97. The fraction of sp³-hybridized carbons (Fsp3) is 0.235. The number of carbonyl (C=O) groups is 1. The number of benzene rings is 2. The number of hydrogen-bond donors (Lipinski definition) is 2. The Bertz CT molecular complexity index is 628. The Kier molecular flexibility index (Phi) is 3.88. The molecule has 1 aliphatic rings. The molecule has 108 valence electrons. The molecule has 4 nitrogen and oxygen atoms in total. The van der Waals surface area contributed by atoms with Crippen molar-refractivity contribution in [3.63, 3.8) is 0 Å². The third-order valence-electron chi connectivity index (χ3n) is 3.65. The summed E-state index contributed by atoms with van der Waals surface area (Å²) in [5.41, 5.74) is 8.06. The number of carbonyl (C=O) groups excluding carboxylic acids is 1. The number of para-hydroxylation sites is 1. The summed E-state index contributed by atoms with van der Waals surface area (Å²) in [6, 6.07) is 16.9. The Labute approximate surface area is 123 Å². The zero-order valence-corrected chi connectivity index (χ0v) is 11.7. The smallest absolute Gasteiger partial charge is 0.237 e. The summed E-state index contributed by atoms with van der Waals surface area (Å²) in [7, 11) is 0. The molecule has 2 aromatic carbocycles. The summed E-state index contributed by atoms with van der Waals surface area (Å²) in [6.45, 7) is 0.461. The molecule has 4 heteroatoms. The zero-order valence-electron chi connectivity index (χ0n) is 11.7. The van der Waals surface area contributed by atoms with Crippen molar-refractivity contribution in [2.24, 2.45) is 5.73 Å². The maximum absolute atomic E-state index is 12.2. The van der Waals surface area contributed by atoms with E-state index in [0.29, 0.717) is 13.0 Å². The summed E-state index contributed by atoms with van der Waals surface area (Å²) < 4.78 is 5.55. The first-order valence-corrected chi connectivity index (χ1v) is 7.05. The van der Waals surface area contributed by atoms with Gasteiger partial charge in [0.05, 0.1) is 12.1 Å². The molecule has 21 heavy (non-hydrogen) atoms. The molecule has 0 bridgehead atoms. The summed E-state index contributed by atoms with van der Waals surface area (Å²) in [5.74, 6) is 0.684. The van der Waals surface area contributed by atoms with Crippen LogP contribution in [0.15, 0.2) is 54.6 Å². The van der Waals surface area contributed by atoms with Crippen molar-refractivity contribution in [2.75, 3.05) is 6.61 Å². The SMILES string of the molecule is N[C@@H](Cc1ccccc1)C(=O)NC1COc2ccccc21. The largest absolute Gasteiger partial charge is 0.491 e. The molecule has 1 amide bonds. The van der Waals surface area contributed by atoms with Crippen molar-refractivity contribution in [1.82, 2.24) is 5.32 Å². The molecule has 1 heterocycles.